The lowest BCUT2D eigenvalue weighted by molar-refractivity contribution is -0.113. The molecule has 3 rings (SSSR count). The second-order valence-corrected chi connectivity index (χ2v) is 6.99. The predicted octanol–water partition coefficient (Wildman–Crippen LogP) is 3.45. The summed E-state index contributed by atoms with van der Waals surface area (Å²) in [5.41, 5.74) is 2.37. The molecule has 0 atom stereocenters. The number of ether oxygens (including phenoxy) is 1. The number of amides is 1. The van der Waals surface area contributed by atoms with Crippen LogP contribution >= 0.6 is 23.1 Å². The number of carbonyl (C=O) groups excluding carboxylic acids is 1. The molecule has 1 N–H and O–H groups in total. The van der Waals surface area contributed by atoms with Crippen molar-refractivity contribution in [1.29, 1.82) is 0 Å². The Morgan fingerprint density at radius 2 is 2.20 bits per heavy atom. The minimum Gasteiger partial charge on any atom is -0.484 e. The highest BCUT2D eigenvalue weighted by atomic mass is 32.2. The molecule has 2 aromatic heterocycles. The van der Waals surface area contributed by atoms with Crippen LogP contribution in [-0.2, 0) is 11.4 Å². The summed E-state index contributed by atoms with van der Waals surface area (Å²) in [4.78, 5) is 15.8. The number of rotatable bonds is 7. The number of nitrogens with zero attached hydrogens (tertiary/aromatic N) is 3. The molecular formula is C16H16N4O3S2. The maximum absolute atomic E-state index is 11.8. The van der Waals surface area contributed by atoms with Gasteiger partial charge in [-0.3, -0.25) is 4.79 Å². The first-order chi connectivity index (χ1) is 12.1. The second kappa shape index (κ2) is 8.13. The van der Waals surface area contributed by atoms with Gasteiger partial charge in [0.25, 0.3) is 11.1 Å². The van der Waals surface area contributed by atoms with E-state index in [0.29, 0.717) is 16.2 Å². The summed E-state index contributed by atoms with van der Waals surface area (Å²) in [6.45, 7) is 4.26. The summed E-state index contributed by atoms with van der Waals surface area (Å²) in [5, 5.41) is 13.2. The smallest absolute Gasteiger partial charge is 0.277 e. The molecule has 0 aliphatic carbocycles. The van der Waals surface area contributed by atoms with E-state index in [1.165, 1.54) is 28.7 Å². The Morgan fingerprint density at radius 3 is 2.96 bits per heavy atom. The zero-order valence-corrected chi connectivity index (χ0v) is 15.3. The summed E-state index contributed by atoms with van der Waals surface area (Å²) in [5.74, 6) is 1.10. The van der Waals surface area contributed by atoms with Gasteiger partial charge in [-0.2, -0.15) is 0 Å². The van der Waals surface area contributed by atoms with Gasteiger partial charge in [-0.05, 0) is 37.1 Å². The fourth-order valence-corrected chi connectivity index (χ4v) is 3.00. The molecule has 0 spiro atoms. The third-order valence-electron chi connectivity index (χ3n) is 3.29. The van der Waals surface area contributed by atoms with Crippen molar-refractivity contribution >= 4 is 34.1 Å². The van der Waals surface area contributed by atoms with Crippen LogP contribution in [0.4, 0.5) is 5.13 Å². The molecule has 0 aliphatic rings. The number of anilines is 1. The SMILES string of the molecule is Cc1ccc(OCc2nnc(SCC(=O)Nc3nccs3)o2)cc1C. The van der Waals surface area contributed by atoms with Crippen LogP contribution in [0, 0.1) is 13.8 Å². The van der Waals surface area contributed by atoms with Crippen LogP contribution in [0.25, 0.3) is 0 Å². The molecule has 1 amide bonds. The molecule has 3 aromatic rings. The lowest BCUT2D eigenvalue weighted by Gasteiger charge is -2.05. The molecule has 0 aliphatic heterocycles. The molecule has 1 aromatic carbocycles. The summed E-state index contributed by atoms with van der Waals surface area (Å²) in [6, 6.07) is 5.86. The van der Waals surface area contributed by atoms with Crippen LogP contribution in [0.15, 0.2) is 39.4 Å². The standard InChI is InChI=1S/C16H16N4O3S2/c1-10-3-4-12(7-11(10)2)22-8-14-19-20-16(23-14)25-9-13(21)18-15-17-5-6-24-15/h3-7H,8-9H2,1-2H3,(H,17,18,21). The van der Waals surface area contributed by atoms with E-state index < -0.39 is 0 Å². The zero-order chi connectivity index (χ0) is 17.6. The first-order valence-electron chi connectivity index (χ1n) is 7.45. The van der Waals surface area contributed by atoms with Crippen molar-refractivity contribution in [2.24, 2.45) is 0 Å². The number of hydrogen-bond donors (Lipinski definition) is 1. The fourth-order valence-electron chi connectivity index (χ4n) is 1.87. The highest BCUT2D eigenvalue weighted by Gasteiger charge is 2.11. The molecule has 0 bridgehead atoms. The van der Waals surface area contributed by atoms with E-state index in [1.807, 2.05) is 32.0 Å². The van der Waals surface area contributed by atoms with E-state index >= 15 is 0 Å². The van der Waals surface area contributed by atoms with Gasteiger partial charge in [-0.15, -0.1) is 21.5 Å². The molecule has 0 saturated heterocycles. The Labute approximate surface area is 152 Å². The van der Waals surface area contributed by atoms with Crippen LogP contribution in [0.2, 0.25) is 0 Å². The highest BCUT2D eigenvalue weighted by Crippen LogP contribution is 2.20. The van der Waals surface area contributed by atoms with Crippen LogP contribution in [0.5, 0.6) is 5.75 Å². The van der Waals surface area contributed by atoms with Crippen LogP contribution < -0.4 is 10.1 Å². The largest absolute Gasteiger partial charge is 0.484 e. The van der Waals surface area contributed by atoms with Crippen molar-refractivity contribution < 1.29 is 13.9 Å². The number of thiazole rings is 1. The number of carbonyl (C=O) groups is 1. The van der Waals surface area contributed by atoms with Gasteiger partial charge in [0.05, 0.1) is 5.75 Å². The van der Waals surface area contributed by atoms with Crippen LogP contribution in [0.1, 0.15) is 17.0 Å². The molecule has 0 fully saturated rings. The number of thioether (sulfide) groups is 1. The average Bonchev–Trinajstić information content (AvgIpc) is 3.26. The minimum atomic E-state index is -0.175. The monoisotopic (exact) mass is 376 g/mol. The first-order valence-corrected chi connectivity index (χ1v) is 9.31. The van der Waals surface area contributed by atoms with Crippen molar-refractivity contribution in [2.45, 2.75) is 25.7 Å². The number of benzene rings is 1. The molecule has 0 unspecified atom stereocenters. The Hall–Kier alpha value is -2.39. The second-order valence-electron chi connectivity index (χ2n) is 5.17. The molecule has 2 heterocycles. The lowest BCUT2D eigenvalue weighted by atomic mass is 10.1. The van der Waals surface area contributed by atoms with Crippen molar-refractivity contribution in [3.63, 3.8) is 0 Å². The van der Waals surface area contributed by atoms with Gasteiger partial charge in [-0.1, -0.05) is 17.8 Å². The minimum absolute atomic E-state index is 0.166. The van der Waals surface area contributed by atoms with Crippen LogP contribution in [-0.4, -0.2) is 26.8 Å². The normalized spacial score (nSPS) is 10.6. The maximum Gasteiger partial charge on any atom is 0.277 e. The zero-order valence-electron chi connectivity index (χ0n) is 13.7. The van der Waals surface area contributed by atoms with Crippen LogP contribution in [0.3, 0.4) is 0 Å². The van der Waals surface area contributed by atoms with Gasteiger partial charge >= 0.3 is 0 Å². The molecule has 9 heteroatoms. The lowest BCUT2D eigenvalue weighted by Crippen LogP contribution is -2.13. The van der Waals surface area contributed by atoms with Crippen molar-refractivity contribution in [3.8, 4) is 5.75 Å². The van der Waals surface area contributed by atoms with Crippen molar-refractivity contribution in [2.75, 3.05) is 11.1 Å². The van der Waals surface area contributed by atoms with Gasteiger partial charge in [0, 0.05) is 11.6 Å². The highest BCUT2D eigenvalue weighted by molar-refractivity contribution is 7.99. The quantitative estimate of drug-likeness (QED) is 0.632. The summed E-state index contributed by atoms with van der Waals surface area (Å²) in [7, 11) is 0. The van der Waals surface area contributed by atoms with Crippen molar-refractivity contribution in [3.05, 3.63) is 46.8 Å². The van der Waals surface area contributed by atoms with E-state index in [4.69, 9.17) is 9.15 Å². The third-order valence-corrected chi connectivity index (χ3v) is 4.80. The number of hydrogen-bond acceptors (Lipinski definition) is 8. The summed E-state index contributed by atoms with van der Waals surface area (Å²) >= 11 is 2.53. The first kappa shape index (κ1) is 17.4. The van der Waals surface area contributed by atoms with Gasteiger partial charge in [0.15, 0.2) is 11.7 Å². The molecule has 0 radical (unpaired) electrons. The van der Waals surface area contributed by atoms with E-state index in [2.05, 4.69) is 20.5 Å². The van der Waals surface area contributed by atoms with E-state index in [0.717, 1.165) is 11.3 Å². The van der Waals surface area contributed by atoms with Crippen molar-refractivity contribution in [1.82, 2.24) is 15.2 Å². The van der Waals surface area contributed by atoms with E-state index in [-0.39, 0.29) is 18.3 Å². The molecular weight excluding hydrogens is 360 g/mol. The Balaban J connectivity index is 1.47. The predicted molar refractivity (Wildman–Crippen MR) is 96.0 cm³/mol. The molecule has 7 nitrogen and oxygen atoms in total. The Kier molecular flexibility index (Phi) is 5.67. The summed E-state index contributed by atoms with van der Waals surface area (Å²) < 4.78 is 11.1. The third kappa shape index (κ3) is 5.04. The van der Waals surface area contributed by atoms with Gasteiger partial charge < -0.3 is 14.5 Å². The Morgan fingerprint density at radius 1 is 1.32 bits per heavy atom. The number of aromatic nitrogens is 3. The number of nitrogens with one attached hydrogen (secondary N) is 1. The molecule has 25 heavy (non-hydrogen) atoms. The fraction of sp³-hybridized carbons (Fsp3) is 0.250. The Bertz CT molecular complexity index is 849. The molecule has 130 valence electrons. The molecule has 0 saturated carbocycles. The topological polar surface area (TPSA) is 90.1 Å². The van der Waals surface area contributed by atoms with Gasteiger partial charge in [-0.25, -0.2) is 4.98 Å². The van der Waals surface area contributed by atoms with Gasteiger partial charge in [0.1, 0.15) is 5.75 Å². The van der Waals surface area contributed by atoms with E-state index in [1.54, 1.807) is 11.6 Å². The summed E-state index contributed by atoms with van der Waals surface area (Å²) in [6.07, 6.45) is 1.63. The maximum atomic E-state index is 11.8. The number of aryl methyl sites for hydroxylation is 2. The average molecular weight is 376 g/mol. The van der Waals surface area contributed by atoms with E-state index in [9.17, 15) is 4.79 Å². The van der Waals surface area contributed by atoms with Gasteiger partial charge in [0.2, 0.25) is 5.91 Å².